The fraction of sp³-hybridized carbons (Fsp3) is 0.235. The lowest BCUT2D eigenvalue weighted by molar-refractivity contribution is 0.230. The van der Waals surface area contributed by atoms with Crippen molar-refractivity contribution in [2.45, 2.75) is 26.5 Å². The number of halogens is 1. The van der Waals surface area contributed by atoms with Crippen LogP contribution in [0.4, 0.5) is 5.69 Å². The molecule has 1 heterocycles. The van der Waals surface area contributed by atoms with Gasteiger partial charge in [-0.3, -0.25) is 0 Å². The van der Waals surface area contributed by atoms with Crippen molar-refractivity contribution in [3.8, 4) is 0 Å². The van der Waals surface area contributed by atoms with Crippen LogP contribution in [0.5, 0.6) is 0 Å². The predicted molar refractivity (Wildman–Crippen MR) is 95.8 cm³/mol. The molecule has 0 atom stereocenters. The summed E-state index contributed by atoms with van der Waals surface area (Å²) in [5.74, 6) is 0.132. The van der Waals surface area contributed by atoms with Gasteiger partial charge < -0.3 is 4.74 Å². The van der Waals surface area contributed by atoms with E-state index < -0.39 is 10.2 Å². The highest BCUT2D eigenvalue weighted by atomic mass is 35.5. The number of hydrogen-bond donors (Lipinski definition) is 0. The lowest BCUT2D eigenvalue weighted by Gasteiger charge is -2.29. The van der Waals surface area contributed by atoms with Crippen molar-refractivity contribution < 1.29 is 13.2 Å². The van der Waals surface area contributed by atoms with Gasteiger partial charge in [-0.15, -0.1) is 4.40 Å². The van der Waals surface area contributed by atoms with Crippen LogP contribution >= 0.6 is 11.6 Å². The summed E-state index contributed by atoms with van der Waals surface area (Å²) in [6.45, 7) is 3.84. The van der Waals surface area contributed by atoms with Crippen molar-refractivity contribution in [1.29, 1.82) is 0 Å². The van der Waals surface area contributed by atoms with E-state index in [2.05, 4.69) is 4.40 Å². The summed E-state index contributed by atoms with van der Waals surface area (Å²) in [5.41, 5.74) is 2.04. The van der Waals surface area contributed by atoms with E-state index >= 15 is 0 Å². The molecule has 1 aliphatic heterocycles. The van der Waals surface area contributed by atoms with Crippen molar-refractivity contribution >= 4 is 33.4 Å². The Kier molecular flexibility index (Phi) is 4.51. The standard InChI is InChI=1S/C17H17ClN2O3S/c1-12(2)23-17-15-5-3-4-6-16(15)20(24(21,22)19-17)11-13-7-9-14(18)10-8-13/h3-10,12H,11H2,1-2H3. The number of anilines is 1. The molecule has 0 saturated heterocycles. The number of nitrogens with zero attached hydrogens (tertiary/aromatic N) is 2. The van der Waals surface area contributed by atoms with Crippen LogP contribution in [0.3, 0.4) is 0 Å². The van der Waals surface area contributed by atoms with Gasteiger partial charge in [0, 0.05) is 5.02 Å². The van der Waals surface area contributed by atoms with Crippen LogP contribution in [0.1, 0.15) is 25.0 Å². The molecule has 0 unspecified atom stereocenters. The second kappa shape index (κ2) is 6.45. The molecule has 0 N–H and O–H groups in total. The van der Waals surface area contributed by atoms with Gasteiger partial charge >= 0.3 is 10.2 Å². The first-order valence-electron chi connectivity index (χ1n) is 7.50. The maximum atomic E-state index is 12.6. The lowest BCUT2D eigenvalue weighted by Crippen LogP contribution is -2.35. The minimum Gasteiger partial charge on any atom is -0.474 e. The van der Waals surface area contributed by atoms with Crippen LogP contribution in [0.2, 0.25) is 5.02 Å². The Morgan fingerprint density at radius 1 is 1.12 bits per heavy atom. The Labute approximate surface area is 146 Å². The largest absolute Gasteiger partial charge is 0.474 e. The summed E-state index contributed by atoms with van der Waals surface area (Å²) in [6, 6.07) is 14.2. The molecule has 2 aromatic rings. The van der Waals surface area contributed by atoms with Gasteiger partial charge in [-0.2, -0.15) is 8.42 Å². The maximum Gasteiger partial charge on any atom is 0.348 e. The Morgan fingerprint density at radius 3 is 2.46 bits per heavy atom. The molecule has 0 fully saturated rings. The van der Waals surface area contributed by atoms with E-state index in [4.69, 9.17) is 16.3 Å². The lowest BCUT2D eigenvalue weighted by atomic mass is 10.1. The van der Waals surface area contributed by atoms with Crippen molar-refractivity contribution in [2.24, 2.45) is 4.40 Å². The normalized spacial score (nSPS) is 15.8. The average molecular weight is 365 g/mol. The van der Waals surface area contributed by atoms with Crippen LogP contribution in [-0.2, 0) is 21.5 Å². The molecule has 126 valence electrons. The molecular weight excluding hydrogens is 348 g/mol. The highest BCUT2D eigenvalue weighted by molar-refractivity contribution is 7.91. The van der Waals surface area contributed by atoms with Crippen molar-refractivity contribution in [1.82, 2.24) is 0 Å². The van der Waals surface area contributed by atoms with Gasteiger partial charge in [0.25, 0.3) is 0 Å². The van der Waals surface area contributed by atoms with Gasteiger partial charge in [-0.1, -0.05) is 35.9 Å². The number of para-hydroxylation sites is 1. The quantitative estimate of drug-likeness (QED) is 0.832. The highest BCUT2D eigenvalue weighted by Crippen LogP contribution is 2.31. The third-order valence-electron chi connectivity index (χ3n) is 3.47. The zero-order valence-corrected chi connectivity index (χ0v) is 14.9. The summed E-state index contributed by atoms with van der Waals surface area (Å²) in [7, 11) is -3.88. The number of benzene rings is 2. The van der Waals surface area contributed by atoms with Crippen molar-refractivity contribution in [2.75, 3.05) is 4.31 Å². The minimum absolute atomic E-state index is 0.132. The van der Waals surface area contributed by atoms with Crippen LogP contribution in [0.25, 0.3) is 0 Å². The predicted octanol–water partition coefficient (Wildman–Crippen LogP) is 3.78. The van der Waals surface area contributed by atoms with Crippen LogP contribution in [-0.4, -0.2) is 20.4 Å². The highest BCUT2D eigenvalue weighted by Gasteiger charge is 2.32. The summed E-state index contributed by atoms with van der Waals surface area (Å²) in [6.07, 6.45) is -0.171. The minimum atomic E-state index is -3.88. The van der Waals surface area contributed by atoms with E-state index in [9.17, 15) is 8.42 Å². The maximum absolute atomic E-state index is 12.6. The summed E-state index contributed by atoms with van der Waals surface area (Å²) in [5, 5.41) is 0.603. The second-order valence-corrected chi connectivity index (χ2v) is 7.65. The third kappa shape index (κ3) is 3.39. The van der Waals surface area contributed by atoms with Crippen LogP contribution in [0.15, 0.2) is 52.9 Å². The molecule has 0 aromatic heterocycles. The topological polar surface area (TPSA) is 59.0 Å². The first-order chi connectivity index (χ1) is 11.4. The van der Waals surface area contributed by atoms with E-state index in [0.717, 1.165) is 5.56 Å². The van der Waals surface area contributed by atoms with Gasteiger partial charge in [0.2, 0.25) is 5.90 Å². The molecule has 3 rings (SSSR count). The van der Waals surface area contributed by atoms with Gasteiger partial charge in [0.15, 0.2) is 0 Å². The molecule has 0 bridgehead atoms. The third-order valence-corrected chi connectivity index (χ3v) is 5.00. The van der Waals surface area contributed by atoms with Gasteiger partial charge in [-0.25, -0.2) is 4.31 Å². The number of fused-ring (bicyclic) bond motifs is 1. The van der Waals surface area contributed by atoms with E-state index in [-0.39, 0.29) is 18.5 Å². The fourth-order valence-electron chi connectivity index (χ4n) is 2.43. The van der Waals surface area contributed by atoms with E-state index in [1.165, 1.54) is 4.31 Å². The zero-order valence-electron chi connectivity index (χ0n) is 13.3. The van der Waals surface area contributed by atoms with E-state index in [1.807, 2.05) is 19.9 Å². The van der Waals surface area contributed by atoms with Crippen LogP contribution in [0, 0.1) is 0 Å². The van der Waals surface area contributed by atoms with Crippen LogP contribution < -0.4 is 4.31 Å². The molecule has 0 radical (unpaired) electrons. The Hall–Kier alpha value is -2.05. The molecule has 0 spiro atoms. The number of hydrogen-bond acceptors (Lipinski definition) is 3. The van der Waals surface area contributed by atoms with Crippen molar-refractivity contribution in [3.63, 3.8) is 0 Å². The first-order valence-corrected chi connectivity index (χ1v) is 9.27. The number of rotatable bonds is 3. The molecule has 7 heteroatoms. The van der Waals surface area contributed by atoms with Gasteiger partial charge in [0.1, 0.15) is 0 Å². The Bertz CT molecular complexity index is 877. The summed E-state index contributed by atoms with van der Waals surface area (Å²) in [4.78, 5) is 0. The van der Waals surface area contributed by atoms with Gasteiger partial charge in [0.05, 0.1) is 23.9 Å². The Balaban J connectivity index is 2.04. The first kappa shape index (κ1) is 16.8. The van der Waals surface area contributed by atoms with E-state index in [1.54, 1.807) is 42.5 Å². The average Bonchev–Trinajstić information content (AvgIpc) is 2.52. The molecule has 0 saturated carbocycles. The summed E-state index contributed by atoms with van der Waals surface area (Å²) < 4.78 is 36.0. The van der Waals surface area contributed by atoms with Crippen molar-refractivity contribution in [3.05, 3.63) is 64.7 Å². The Morgan fingerprint density at radius 2 is 1.79 bits per heavy atom. The number of ether oxygens (including phenoxy) is 1. The smallest absolute Gasteiger partial charge is 0.348 e. The van der Waals surface area contributed by atoms with Gasteiger partial charge in [-0.05, 0) is 43.7 Å². The SMILES string of the molecule is CC(C)OC1=NS(=O)(=O)N(Cc2ccc(Cl)cc2)c2ccccc21. The monoisotopic (exact) mass is 364 g/mol. The zero-order chi connectivity index (χ0) is 17.3. The molecular formula is C17H17ClN2O3S. The molecule has 2 aromatic carbocycles. The molecule has 5 nitrogen and oxygen atoms in total. The molecule has 0 amide bonds. The second-order valence-electron chi connectivity index (χ2n) is 5.69. The molecule has 24 heavy (non-hydrogen) atoms. The van der Waals surface area contributed by atoms with E-state index in [0.29, 0.717) is 16.3 Å². The molecule has 1 aliphatic rings. The molecule has 0 aliphatic carbocycles. The fourth-order valence-corrected chi connectivity index (χ4v) is 3.73. The summed E-state index contributed by atoms with van der Waals surface area (Å²) >= 11 is 5.89.